The third-order valence-electron chi connectivity index (χ3n) is 7.44. The van der Waals surface area contributed by atoms with Crippen molar-refractivity contribution in [3.8, 4) is 5.75 Å². The highest BCUT2D eigenvalue weighted by molar-refractivity contribution is 5.99. The Bertz CT molecular complexity index is 1200. The van der Waals surface area contributed by atoms with Crippen LogP contribution in [-0.4, -0.2) is 47.6 Å². The molecule has 8 nitrogen and oxygen atoms in total. The van der Waals surface area contributed by atoms with Gasteiger partial charge in [-0.25, -0.2) is 4.79 Å². The molecule has 3 rings (SSSR count). The van der Waals surface area contributed by atoms with Gasteiger partial charge in [-0.05, 0) is 88.3 Å². The number of nitrogens with one attached hydrogen (secondary N) is 2. The third-order valence-corrected chi connectivity index (χ3v) is 7.44. The Labute approximate surface area is 238 Å². The summed E-state index contributed by atoms with van der Waals surface area (Å²) in [5.74, 6) is 0.124. The largest absolute Gasteiger partial charge is 0.497 e. The van der Waals surface area contributed by atoms with E-state index in [1.54, 1.807) is 57.0 Å². The van der Waals surface area contributed by atoms with Crippen LogP contribution in [0, 0.1) is 25.7 Å². The van der Waals surface area contributed by atoms with E-state index < -0.39 is 23.8 Å². The van der Waals surface area contributed by atoms with Crippen molar-refractivity contribution in [2.45, 2.75) is 92.0 Å². The summed E-state index contributed by atoms with van der Waals surface area (Å²) in [4.78, 5) is 43.2. The summed E-state index contributed by atoms with van der Waals surface area (Å²) in [7, 11) is 1.59. The number of carbonyl (C=O) groups is 3. The Morgan fingerprint density at radius 1 is 1.07 bits per heavy atom. The van der Waals surface area contributed by atoms with Gasteiger partial charge in [0.25, 0.3) is 5.91 Å². The quantitative estimate of drug-likeness (QED) is 0.368. The van der Waals surface area contributed by atoms with E-state index >= 15 is 0 Å². The van der Waals surface area contributed by atoms with E-state index in [-0.39, 0.29) is 29.7 Å². The summed E-state index contributed by atoms with van der Waals surface area (Å²) in [6.07, 6.45) is 0.788. The zero-order chi connectivity index (χ0) is 29.8. The van der Waals surface area contributed by atoms with Gasteiger partial charge in [-0.15, -0.1) is 0 Å². The van der Waals surface area contributed by atoms with E-state index in [1.165, 1.54) is 0 Å². The van der Waals surface area contributed by atoms with Gasteiger partial charge in [0, 0.05) is 11.7 Å². The van der Waals surface area contributed by atoms with E-state index in [9.17, 15) is 14.4 Å². The average Bonchev–Trinajstić information content (AvgIpc) is 3.61. The summed E-state index contributed by atoms with van der Waals surface area (Å²) in [5.41, 5.74) is 2.55. The Morgan fingerprint density at radius 3 is 2.23 bits per heavy atom. The van der Waals surface area contributed by atoms with Crippen LogP contribution in [0.3, 0.4) is 0 Å². The molecule has 1 aliphatic carbocycles. The maximum Gasteiger partial charge on any atom is 0.408 e. The lowest BCUT2D eigenvalue weighted by atomic mass is 9.93. The highest BCUT2D eigenvalue weighted by Crippen LogP contribution is 2.42. The second-order valence-corrected chi connectivity index (χ2v) is 12.0. The van der Waals surface area contributed by atoms with Crippen molar-refractivity contribution in [1.82, 2.24) is 10.2 Å². The number of ether oxygens (including phenoxy) is 2. The van der Waals surface area contributed by atoms with Gasteiger partial charge in [-0.2, -0.15) is 0 Å². The Balaban J connectivity index is 2.07. The topological polar surface area (TPSA) is 97.0 Å². The van der Waals surface area contributed by atoms with Crippen LogP contribution in [0.15, 0.2) is 42.5 Å². The van der Waals surface area contributed by atoms with Gasteiger partial charge >= 0.3 is 6.09 Å². The lowest BCUT2D eigenvalue weighted by molar-refractivity contribution is -0.142. The van der Waals surface area contributed by atoms with Crippen LogP contribution in [0.5, 0.6) is 5.75 Å². The molecule has 2 aromatic carbocycles. The first-order valence-electron chi connectivity index (χ1n) is 14.1. The molecule has 218 valence electrons. The smallest absolute Gasteiger partial charge is 0.408 e. The normalized spacial score (nSPS) is 18.6. The van der Waals surface area contributed by atoms with Crippen molar-refractivity contribution < 1.29 is 23.9 Å². The van der Waals surface area contributed by atoms with Gasteiger partial charge in [0.1, 0.15) is 23.4 Å². The van der Waals surface area contributed by atoms with E-state index in [4.69, 9.17) is 9.47 Å². The number of benzene rings is 2. The minimum absolute atomic E-state index is 0.133. The van der Waals surface area contributed by atoms with Gasteiger partial charge in [0.15, 0.2) is 0 Å². The molecule has 5 atom stereocenters. The van der Waals surface area contributed by atoms with Crippen LogP contribution in [-0.2, 0) is 14.3 Å². The van der Waals surface area contributed by atoms with Gasteiger partial charge in [0.2, 0.25) is 5.91 Å². The average molecular weight is 552 g/mol. The monoisotopic (exact) mass is 551 g/mol. The molecule has 1 saturated carbocycles. The number of methoxy groups -OCH3 is 1. The maximum atomic E-state index is 14.5. The lowest BCUT2D eigenvalue weighted by Gasteiger charge is -2.37. The number of rotatable bonds is 10. The number of hydrogen-bond donors (Lipinski definition) is 2. The van der Waals surface area contributed by atoms with Crippen LogP contribution in [0.2, 0.25) is 0 Å². The molecular weight excluding hydrogens is 506 g/mol. The van der Waals surface area contributed by atoms with Crippen molar-refractivity contribution in [2.75, 3.05) is 12.4 Å². The molecule has 0 heterocycles. The highest BCUT2D eigenvalue weighted by Gasteiger charge is 2.49. The molecule has 2 N–H and O–H groups in total. The van der Waals surface area contributed by atoms with Crippen LogP contribution >= 0.6 is 0 Å². The lowest BCUT2D eigenvalue weighted by Crippen LogP contribution is -2.55. The minimum atomic E-state index is -0.892. The molecule has 0 bridgehead atoms. The van der Waals surface area contributed by atoms with Crippen LogP contribution in [0.25, 0.3) is 0 Å². The van der Waals surface area contributed by atoms with Crippen molar-refractivity contribution in [1.29, 1.82) is 0 Å². The molecule has 0 aromatic heterocycles. The van der Waals surface area contributed by atoms with Crippen LogP contribution < -0.4 is 15.4 Å². The van der Waals surface area contributed by atoms with Crippen molar-refractivity contribution in [3.05, 3.63) is 59.2 Å². The Kier molecular flexibility index (Phi) is 9.87. The SMILES string of the molecule is CCC(C)C(NC(=O)OC(C)(C)C)C(=O)N(C(C(=O)Nc1ccc(OC)cc1)c1cc(C)ccc1C)C1CC1C. The standard InChI is InChI=1S/C32H45N3O5/c1-10-20(3)27(34-31(38)40-32(6,7)8)30(37)35(26-18-22(26)5)28(25-17-19(2)11-12-21(25)4)29(36)33-23-13-15-24(39-9)16-14-23/h11-17,20,22,26-28H,10,18H2,1-9H3,(H,33,36)(H,34,38). The molecule has 0 radical (unpaired) electrons. The fourth-order valence-corrected chi connectivity index (χ4v) is 4.81. The summed E-state index contributed by atoms with van der Waals surface area (Å²) >= 11 is 0. The van der Waals surface area contributed by atoms with E-state index in [0.29, 0.717) is 17.9 Å². The second-order valence-electron chi connectivity index (χ2n) is 12.0. The van der Waals surface area contributed by atoms with Gasteiger partial charge < -0.3 is 25.0 Å². The first-order chi connectivity index (χ1) is 18.7. The summed E-state index contributed by atoms with van der Waals surface area (Å²) in [6, 6.07) is 11.2. The van der Waals surface area contributed by atoms with E-state index in [1.807, 2.05) is 45.9 Å². The fourth-order valence-electron chi connectivity index (χ4n) is 4.81. The highest BCUT2D eigenvalue weighted by atomic mass is 16.6. The zero-order valence-corrected chi connectivity index (χ0v) is 25.3. The first-order valence-corrected chi connectivity index (χ1v) is 14.1. The third kappa shape index (κ3) is 7.77. The maximum absolute atomic E-state index is 14.5. The summed E-state index contributed by atoms with van der Waals surface area (Å²) in [5, 5.41) is 5.86. The van der Waals surface area contributed by atoms with Crippen LogP contribution in [0.1, 0.15) is 77.1 Å². The number of nitrogens with zero attached hydrogens (tertiary/aromatic N) is 1. The summed E-state index contributed by atoms with van der Waals surface area (Å²) < 4.78 is 10.8. The zero-order valence-electron chi connectivity index (χ0n) is 25.3. The number of amides is 3. The Hall–Kier alpha value is -3.55. The number of hydrogen-bond acceptors (Lipinski definition) is 5. The van der Waals surface area contributed by atoms with Gasteiger partial charge in [0.05, 0.1) is 7.11 Å². The molecule has 1 aliphatic rings. The summed E-state index contributed by atoms with van der Waals surface area (Å²) in [6.45, 7) is 15.3. The molecule has 0 spiro atoms. The molecule has 8 heteroatoms. The van der Waals surface area contributed by atoms with E-state index in [2.05, 4.69) is 17.6 Å². The first kappa shape index (κ1) is 31.0. The fraction of sp³-hybridized carbons (Fsp3) is 0.531. The number of anilines is 1. The number of carbonyl (C=O) groups excluding carboxylic acids is 3. The molecule has 0 saturated heterocycles. The number of alkyl carbamates (subject to hydrolysis) is 1. The molecule has 1 fully saturated rings. The van der Waals surface area contributed by atoms with E-state index in [0.717, 1.165) is 23.1 Å². The number of aryl methyl sites for hydroxylation is 2. The molecule has 3 amide bonds. The van der Waals surface area contributed by atoms with Gasteiger partial charge in [-0.1, -0.05) is 51.0 Å². The molecular formula is C32H45N3O5. The molecule has 40 heavy (non-hydrogen) atoms. The van der Waals surface area contributed by atoms with Crippen molar-refractivity contribution in [3.63, 3.8) is 0 Å². The predicted octanol–water partition coefficient (Wildman–Crippen LogP) is 6.17. The van der Waals surface area contributed by atoms with Crippen molar-refractivity contribution in [2.24, 2.45) is 11.8 Å². The van der Waals surface area contributed by atoms with Crippen LogP contribution in [0.4, 0.5) is 10.5 Å². The molecule has 0 aliphatic heterocycles. The molecule has 2 aromatic rings. The predicted molar refractivity (Wildman–Crippen MR) is 157 cm³/mol. The minimum Gasteiger partial charge on any atom is -0.497 e. The Morgan fingerprint density at radius 2 is 1.70 bits per heavy atom. The second kappa shape index (κ2) is 12.7. The van der Waals surface area contributed by atoms with Crippen molar-refractivity contribution >= 4 is 23.6 Å². The molecule has 5 unspecified atom stereocenters. The van der Waals surface area contributed by atoms with Gasteiger partial charge in [-0.3, -0.25) is 9.59 Å².